The van der Waals surface area contributed by atoms with E-state index in [9.17, 15) is 22.0 Å². The predicted octanol–water partition coefficient (Wildman–Crippen LogP) is 3.24. The van der Waals surface area contributed by atoms with Crippen LogP contribution in [0.3, 0.4) is 0 Å². The SMILES string of the molecule is CC(C)N(CC(F)(F)F)c1c(F)cc(CCN)cc1F. The van der Waals surface area contributed by atoms with Crippen molar-refractivity contribution in [3.05, 3.63) is 29.3 Å². The molecule has 0 aliphatic carbocycles. The van der Waals surface area contributed by atoms with Gasteiger partial charge in [-0.3, -0.25) is 0 Å². The Kier molecular flexibility index (Phi) is 5.33. The molecule has 114 valence electrons. The van der Waals surface area contributed by atoms with Crippen LogP contribution in [0.5, 0.6) is 0 Å². The molecule has 0 heterocycles. The molecule has 0 radical (unpaired) electrons. The summed E-state index contributed by atoms with van der Waals surface area (Å²) in [4.78, 5) is 0.664. The third-order valence-corrected chi connectivity index (χ3v) is 2.77. The lowest BCUT2D eigenvalue weighted by molar-refractivity contribution is -0.120. The number of anilines is 1. The highest BCUT2D eigenvalue weighted by Gasteiger charge is 2.34. The molecule has 0 unspecified atom stereocenters. The molecule has 7 heteroatoms. The molecule has 0 atom stereocenters. The molecule has 20 heavy (non-hydrogen) atoms. The molecule has 0 bridgehead atoms. The van der Waals surface area contributed by atoms with Gasteiger partial charge in [0.15, 0.2) is 0 Å². The van der Waals surface area contributed by atoms with E-state index < -0.39 is 36.1 Å². The minimum atomic E-state index is -4.54. The Labute approximate surface area is 114 Å². The second kappa shape index (κ2) is 6.39. The van der Waals surface area contributed by atoms with E-state index in [4.69, 9.17) is 5.73 Å². The molecule has 0 saturated carbocycles. The smallest absolute Gasteiger partial charge is 0.355 e. The zero-order valence-electron chi connectivity index (χ0n) is 11.3. The number of hydrogen-bond donors (Lipinski definition) is 1. The molecule has 1 rings (SSSR count). The topological polar surface area (TPSA) is 29.3 Å². The van der Waals surface area contributed by atoms with Crippen LogP contribution >= 0.6 is 0 Å². The molecule has 0 spiro atoms. The largest absolute Gasteiger partial charge is 0.405 e. The van der Waals surface area contributed by atoms with Crippen molar-refractivity contribution in [1.29, 1.82) is 0 Å². The Hall–Kier alpha value is -1.37. The normalized spacial score (nSPS) is 12.1. The van der Waals surface area contributed by atoms with Crippen molar-refractivity contribution in [2.45, 2.75) is 32.5 Å². The van der Waals surface area contributed by atoms with Crippen LogP contribution < -0.4 is 10.6 Å². The second-order valence-electron chi connectivity index (χ2n) is 4.78. The quantitative estimate of drug-likeness (QED) is 0.845. The first-order valence-corrected chi connectivity index (χ1v) is 6.17. The van der Waals surface area contributed by atoms with E-state index in [1.54, 1.807) is 0 Å². The minimum Gasteiger partial charge on any atom is -0.355 e. The fraction of sp³-hybridized carbons (Fsp3) is 0.538. The molecule has 0 saturated heterocycles. The van der Waals surface area contributed by atoms with Crippen LogP contribution in [0, 0.1) is 11.6 Å². The number of benzene rings is 1. The van der Waals surface area contributed by atoms with Crippen molar-refractivity contribution < 1.29 is 22.0 Å². The van der Waals surface area contributed by atoms with Crippen LogP contribution in [-0.2, 0) is 6.42 Å². The van der Waals surface area contributed by atoms with Gasteiger partial charge >= 0.3 is 6.18 Å². The molecular formula is C13H17F5N2. The fourth-order valence-electron chi connectivity index (χ4n) is 1.92. The molecule has 2 N–H and O–H groups in total. The lowest BCUT2D eigenvalue weighted by Crippen LogP contribution is -2.40. The first-order chi connectivity index (χ1) is 9.15. The van der Waals surface area contributed by atoms with Gasteiger partial charge in [0, 0.05) is 6.04 Å². The van der Waals surface area contributed by atoms with Crippen molar-refractivity contribution in [3.63, 3.8) is 0 Å². The van der Waals surface area contributed by atoms with Gasteiger partial charge in [0.25, 0.3) is 0 Å². The summed E-state index contributed by atoms with van der Waals surface area (Å²) in [7, 11) is 0. The van der Waals surface area contributed by atoms with E-state index >= 15 is 0 Å². The monoisotopic (exact) mass is 296 g/mol. The van der Waals surface area contributed by atoms with E-state index in [0.717, 1.165) is 12.1 Å². The highest BCUT2D eigenvalue weighted by Crippen LogP contribution is 2.30. The predicted molar refractivity (Wildman–Crippen MR) is 67.7 cm³/mol. The van der Waals surface area contributed by atoms with Crippen LogP contribution in [0.15, 0.2) is 12.1 Å². The number of alkyl halides is 3. The second-order valence-corrected chi connectivity index (χ2v) is 4.78. The van der Waals surface area contributed by atoms with Crippen molar-refractivity contribution in [3.8, 4) is 0 Å². The zero-order chi connectivity index (χ0) is 15.5. The molecule has 2 nitrogen and oxygen atoms in total. The van der Waals surface area contributed by atoms with E-state index in [0.29, 0.717) is 10.5 Å². The third kappa shape index (κ3) is 4.33. The van der Waals surface area contributed by atoms with E-state index in [-0.39, 0.29) is 13.0 Å². The van der Waals surface area contributed by atoms with Crippen molar-refractivity contribution in [2.24, 2.45) is 5.73 Å². The Morgan fingerprint density at radius 2 is 1.65 bits per heavy atom. The zero-order valence-corrected chi connectivity index (χ0v) is 11.3. The van der Waals surface area contributed by atoms with Crippen molar-refractivity contribution >= 4 is 5.69 Å². The van der Waals surface area contributed by atoms with Crippen molar-refractivity contribution in [2.75, 3.05) is 18.0 Å². The molecule has 0 aromatic heterocycles. The van der Waals surface area contributed by atoms with Gasteiger partial charge in [0.2, 0.25) is 0 Å². The van der Waals surface area contributed by atoms with Crippen molar-refractivity contribution in [1.82, 2.24) is 0 Å². The van der Waals surface area contributed by atoms with E-state index in [1.165, 1.54) is 13.8 Å². The van der Waals surface area contributed by atoms with Crippen LogP contribution in [-0.4, -0.2) is 25.3 Å². The third-order valence-electron chi connectivity index (χ3n) is 2.77. The Bertz CT molecular complexity index is 434. The maximum atomic E-state index is 13.9. The average molecular weight is 296 g/mol. The molecule has 1 aromatic carbocycles. The average Bonchev–Trinajstić information content (AvgIpc) is 2.25. The van der Waals surface area contributed by atoms with Crippen LogP contribution in [0.4, 0.5) is 27.6 Å². The maximum absolute atomic E-state index is 13.9. The van der Waals surface area contributed by atoms with Gasteiger partial charge in [-0.2, -0.15) is 13.2 Å². The van der Waals surface area contributed by atoms with Gasteiger partial charge < -0.3 is 10.6 Å². The van der Waals surface area contributed by atoms with Crippen LogP contribution in [0.25, 0.3) is 0 Å². The van der Waals surface area contributed by atoms with Gasteiger partial charge in [0.1, 0.15) is 23.9 Å². The summed E-state index contributed by atoms with van der Waals surface area (Å²) in [5.74, 6) is -2.02. The number of hydrogen-bond acceptors (Lipinski definition) is 2. The number of nitrogens with two attached hydrogens (primary N) is 1. The van der Waals surface area contributed by atoms with Crippen LogP contribution in [0.2, 0.25) is 0 Å². The van der Waals surface area contributed by atoms with Gasteiger partial charge in [-0.05, 0) is 44.5 Å². The molecule has 0 aliphatic rings. The van der Waals surface area contributed by atoms with Gasteiger partial charge in [0.05, 0.1) is 0 Å². The number of rotatable bonds is 5. The fourth-order valence-corrected chi connectivity index (χ4v) is 1.92. The summed E-state index contributed by atoms with van der Waals surface area (Å²) in [5.41, 5.74) is 4.95. The lowest BCUT2D eigenvalue weighted by Gasteiger charge is -2.30. The van der Waals surface area contributed by atoms with Gasteiger partial charge in [-0.25, -0.2) is 8.78 Å². The Morgan fingerprint density at radius 3 is 2.00 bits per heavy atom. The summed E-state index contributed by atoms with van der Waals surface area (Å²) < 4.78 is 65.4. The molecule has 1 aromatic rings. The highest BCUT2D eigenvalue weighted by atomic mass is 19.4. The van der Waals surface area contributed by atoms with E-state index in [1.807, 2.05) is 0 Å². The minimum absolute atomic E-state index is 0.203. The number of nitrogens with zero attached hydrogens (tertiary/aromatic N) is 1. The molecule has 0 aliphatic heterocycles. The summed E-state index contributed by atoms with van der Waals surface area (Å²) in [5, 5.41) is 0. The van der Waals surface area contributed by atoms with Crippen LogP contribution in [0.1, 0.15) is 19.4 Å². The molecule has 0 amide bonds. The summed E-state index contributed by atoms with van der Waals surface area (Å²) in [6, 6.07) is 1.36. The molecular weight excluding hydrogens is 279 g/mol. The standard InChI is InChI=1S/C13H17F5N2/c1-8(2)20(7-13(16,17)18)12-10(14)5-9(3-4-19)6-11(12)15/h5-6,8H,3-4,7,19H2,1-2H3. The Balaban J connectivity index is 3.20. The Morgan fingerprint density at radius 1 is 1.15 bits per heavy atom. The summed E-state index contributed by atoms with van der Waals surface area (Å²) in [6.45, 7) is 1.68. The lowest BCUT2D eigenvalue weighted by atomic mass is 10.1. The highest BCUT2D eigenvalue weighted by molar-refractivity contribution is 5.51. The maximum Gasteiger partial charge on any atom is 0.405 e. The first kappa shape index (κ1) is 16.7. The van der Waals surface area contributed by atoms with Gasteiger partial charge in [-0.1, -0.05) is 0 Å². The summed E-state index contributed by atoms with van der Waals surface area (Å²) in [6.07, 6.45) is -4.28. The number of halogens is 5. The van der Waals surface area contributed by atoms with E-state index in [2.05, 4.69) is 0 Å². The summed E-state index contributed by atoms with van der Waals surface area (Å²) >= 11 is 0. The first-order valence-electron chi connectivity index (χ1n) is 6.17. The molecule has 0 fully saturated rings. The van der Waals surface area contributed by atoms with Gasteiger partial charge in [-0.15, -0.1) is 0 Å².